The molecule has 8 nitrogen and oxygen atoms in total. The molecule has 0 aliphatic carbocycles. The number of nitrogens with zero attached hydrogens (tertiary/aromatic N) is 6. The van der Waals surface area contributed by atoms with Crippen molar-refractivity contribution in [1.29, 1.82) is 0 Å². The van der Waals surface area contributed by atoms with Gasteiger partial charge in [0.05, 0.1) is 25.0 Å². The fourth-order valence-corrected chi connectivity index (χ4v) is 2.92. The molecule has 4 rings (SSSR count). The summed E-state index contributed by atoms with van der Waals surface area (Å²) in [5.41, 5.74) is 1.01. The summed E-state index contributed by atoms with van der Waals surface area (Å²) in [4.78, 5) is 25.9. The average molecular weight is 360 g/mol. The van der Waals surface area contributed by atoms with Crippen LogP contribution in [0.1, 0.15) is 28.0 Å². The first kappa shape index (κ1) is 16.5. The van der Waals surface area contributed by atoms with Gasteiger partial charge in [-0.15, -0.1) is 0 Å². The first-order valence-corrected chi connectivity index (χ1v) is 7.92. The van der Waals surface area contributed by atoms with E-state index in [1.54, 1.807) is 10.6 Å². The summed E-state index contributed by atoms with van der Waals surface area (Å²) in [5, 5.41) is 4.13. The summed E-state index contributed by atoms with van der Waals surface area (Å²) < 4.78 is 34.2. The van der Waals surface area contributed by atoms with Gasteiger partial charge < -0.3 is 9.64 Å². The highest BCUT2D eigenvalue weighted by Crippen LogP contribution is 2.24. The monoisotopic (exact) mass is 360 g/mol. The van der Waals surface area contributed by atoms with Gasteiger partial charge in [0.25, 0.3) is 11.7 Å². The molecule has 10 heteroatoms. The summed E-state index contributed by atoms with van der Waals surface area (Å²) in [7, 11) is 0. The summed E-state index contributed by atoms with van der Waals surface area (Å²) >= 11 is 0. The number of carbonyl (C=O) groups is 1. The number of hydrogen-bond acceptors (Lipinski definition) is 6. The number of carbonyl (C=O) groups excluding carboxylic acids is 1. The van der Waals surface area contributed by atoms with Crippen molar-refractivity contribution in [3.8, 4) is 0 Å². The lowest BCUT2D eigenvalue weighted by molar-refractivity contribution is -0.0260. The van der Waals surface area contributed by atoms with Gasteiger partial charge in [0, 0.05) is 18.3 Å². The smallest absolute Gasteiger partial charge is 0.275 e. The van der Waals surface area contributed by atoms with Crippen LogP contribution in [0.3, 0.4) is 0 Å². The molecule has 0 saturated carbocycles. The topological polar surface area (TPSA) is 85.5 Å². The number of aromatic nitrogens is 5. The molecule has 1 atom stereocenters. The summed E-state index contributed by atoms with van der Waals surface area (Å²) in [6.07, 6.45) is 1.72. The van der Waals surface area contributed by atoms with Crippen LogP contribution in [-0.2, 0) is 4.74 Å². The number of halogens is 2. The van der Waals surface area contributed by atoms with Crippen molar-refractivity contribution in [2.24, 2.45) is 0 Å². The van der Waals surface area contributed by atoms with E-state index in [2.05, 4.69) is 20.1 Å². The van der Waals surface area contributed by atoms with E-state index in [0.29, 0.717) is 17.5 Å². The lowest BCUT2D eigenvalue weighted by Gasteiger charge is -2.33. The quantitative estimate of drug-likeness (QED) is 0.685. The van der Waals surface area contributed by atoms with Gasteiger partial charge in [-0.25, -0.2) is 18.7 Å². The number of hydrogen-bond donors (Lipinski definition) is 0. The predicted octanol–water partition coefficient (Wildman–Crippen LogP) is 1.32. The number of pyridine rings is 1. The fourth-order valence-electron chi connectivity index (χ4n) is 2.92. The molecule has 1 fully saturated rings. The molecule has 1 amide bonds. The average Bonchev–Trinajstić information content (AvgIpc) is 3.09. The van der Waals surface area contributed by atoms with Crippen molar-refractivity contribution in [2.75, 3.05) is 19.7 Å². The van der Waals surface area contributed by atoms with Gasteiger partial charge in [0.1, 0.15) is 18.2 Å². The molecule has 1 aliphatic rings. The maximum absolute atomic E-state index is 13.9. The van der Waals surface area contributed by atoms with Crippen LogP contribution >= 0.6 is 0 Å². The summed E-state index contributed by atoms with van der Waals surface area (Å²) in [6.45, 7) is 2.53. The number of aryl methyl sites for hydroxylation is 1. The number of ether oxygens (including phenoxy) is 1. The molecule has 0 spiro atoms. The largest absolute Gasteiger partial charge is 0.368 e. The van der Waals surface area contributed by atoms with Crippen LogP contribution in [0.4, 0.5) is 8.78 Å². The molecule has 134 valence electrons. The van der Waals surface area contributed by atoms with Gasteiger partial charge in [-0.2, -0.15) is 14.6 Å². The molecule has 26 heavy (non-hydrogen) atoms. The Morgan fingerprint density at radius 2 is 2.15 bits per heavy atom. The van der Waals surface area contributed by atoms with Gasteiger partial charge in [-0.05, 0) is 13.0 Å². The molecule has 3 aromatic rings. The van der Waals surface area contributed by atoms with E-state index in [0.717, 1.165) is 11.9 Å². The van der Waals surface area contributed by atoms with Crippen LogP contribution < -0.4 is 0 Å². The zero-order chi connectivity index (χ0) is 18.3. The highest BCUT2D eigenvalue weighted by Gasteiger charge is 2.30. The second kappa shape index (κ2) is 6.37. The molecule has 1 aliphatic heterocycles. The highest BCUT2D eigenvalue weighted by molar-refractivity contribution is 5.92. The third kappa shape index (κ3) is 2.88. The van der Waals surface area contributed by atoms with E-state index in [1.807, 2.05) is 6.92 Å². The predicted molar refractivity (Wildman–Crippen MR) is 84.3 cm³/mol. The Hall–Kier alpha value is -3.01. The minimum atomic E-state index is -0.989. The van der Waals surface area contributed by atoms with Crippen molar-refractivity contribution in [1.82, 2.24) is 29.5 Å². The Kier molecular flexibility index (Phi) is 4.03. The fraction of sp³-hybridized carbons (Fsp3) is 0.312. The van der Waals surface area contributed by atoms with Crippen LogP contribution in [0.2, 0.25) is 0 Å². The van der Waals surface area contributed by atoms with Crippen LogP contribution in [0, 0.1) is 18.6 Å². The van der Waals surface area contributed by atoms with Gasteiger partial charge in [-0.3, -0.25) is 4.79 Å². The number of morpholine rings is 1. The van der Waals surface area contributed by atoms with Gasteiger partial charge in [-0.1, -0.05) is 0 Å². The van der Waals surface area contributed by atoms with Gasteiger partial charge in [0.15, 0.2) is 11.5 Å². The van der Waals surface area contributed by atoms with Gasteiger partial charge >= 0.3 is 0 Å². The zero-order valence-corrected chi connectivity index (χ0v) is 13.8. The molecular weight excluding hydrogens is 346 g/mol. The first-order chi connectivity index (χ1) is 12.5. The lowest BCUT2D eigenvalue weighted by atomic mass is 10.1. The Morgan fingerprint density at radius 1 is 1.31 bits per heavy atom. The molecule has 0 radical (unpaired) electrons. The minimum Gasteiger partial charge on any atom is -0.368 e. The normalized spacial score (nSPS) is 17.7. The molecule has 1 saturated heterocycles. The molecule has 3 aromatic heterocycles. The molecule has 0 N–H and O–H groups in total. The Balaban J connectivity index is 1.63. The van der Waals surface area contributed by atoms with E-state index in [1.165, 1.54) is 11.2 Å². The van der Waals surface area contributed by atoms with E-state index < -0.39 is 29.3 Å². The van der Waals surface area contributed by atoms with Gasteiger partial charge in [0.2, 0.25) is 0 Å². The van der Waals surface area contributed by atoms with E-state index in [4.69, 9.17) is 4.74 Å². The molecular formula is C16H14F2N6O2. The second-order valence-corrected chi connectivity index (χ2v) is 5.89. The van der Waals surface area contributed by atoms with Crippen molar-refractivity contribution < 1.29 is 18.3 Å². The molecule has 1 unspecified atom stereocenters. The Labute approximate surface area is 146 Å². The van der Waals surface area contributed by atoms with Crippen LogP contribution in [-0.4, -0.2) is 55.1 Å². The Morgan fingerprint density at radius 3 is 2.96 bits per heavy atom. The molecule has 4 heterocycles. The van der Waals surface area contributed by atoms with Crippen molar-refractivity contribution in [2.45, 2.75) is 13.0 Å². The standard InChI is InChI=1S/C16H14F2N6O2/c1-9-4-12(24-16(22-9)20-8-21-24)13-7-23(2-3-26-13)15(25)14-11(18)5-10(17)6-19-14/h4-6,8,13H,2-3,7H2,1H3. The van der Waals surface area contributed by atoms with E-state index in [9.17, 15) is 13.6 Å². The Bertz CT molecular complexity index is 992. The third-order valence-corrected chi connectivity index (χ3v) is 4.10. The summed E-state index contributed by atoms with van der Waals surface area (Å²) in [6, 6.07) is 2.44. The van der Waals surface area contributed by atoms with Crippen LogP contribution in [0.25, 0.3) is 5.78 Å². The number of amides is 1. The zero-order valence-electron chi connectivity index (χ0n) is 13.8. The van der Waals surface area contributed by atoms with Crippen molar-refractivity contribution in [3.05, 3.63) is 53.4 Å². The van der Waals surface area contributed by atoms with Crippen molar-refractivity contribution in [3.63, 3.8) is 0 Å². The molecule has 0 aromatic carbocycles. The lowest BCUT2D eigenvalue weighted by Crippen LogP contribution is -2.43. The first-order valence-electron chi connectivity index (χ1n) is 7.92. The maximum Gasteiger partial charge on any atom is 0.275 e. The minimum absolute atomic E-state index is 0.176. The maximum atomic E-state index is 13.9. The third-order valence-electron chi connectivity index (χ3n) is 4.10. The number of fused-ring (bicyclic) bond motifs is 1. The van der Waals surface area contributed by atoms with Crippen LogP contribution in [0.15, 0.2) is 24.7 Å². The van der Waals surface area contributed by atoms with Crippen LogP contribution in [0.5, 0.6) is 0 Å². The highest BCUT2D eigenvalue weighted by atomic mass is 19.1. The summed E-state index contributed by atoms with van der Waals surface area (Å²) in [5.74, 6) is -2.01. The SMILES string of the molecule is Cc1cc(C2CN(C(=O)c3ncc(F)cc3F)CCO2)n2ncnc2n1. The molecule has 0 bridgehead atoms. The number of rotatable bonds is 2. The van der Waals surface area contributed by atoms with E-state index in [-0.39, 0.29) is 19.7 Å². The van der Waals surface area contributed by atoms with Crippen molar-refractivity contribution >= 4 is 11.7 Å². The van der Waals surface area contributed by atoms with E-state index >= 15 is 0 Å². The second-order valence-electron chi connectivity index (χ2n) is 5.89.